The van der Waals surface area contributed by atoms with Crippen molar-refractivity contribution in [3.63, 3.8) is 0 Å². The predicted octanol–water partition coefficient (Wildman–Crippen LogP) is 3.37. The zero-order valence-electron chi connectivity index (χ0n) is 11.5. The Hall–Kier alpha value is -2.40. The Kier molecular flexibility index (Phi) is 3.58. The van der Waals surface area contributed by atoms with Gasteiger partial charge in [-0.15, -0.1) is 0 Å². The summed E-state index contributed by atoms with van der Waals surface area (Å²) in [6.45, 7) is 2.01. The van der Waals surface area contributed by atoms with Crippen molar-refractivity contribution in [3.05, 3.63) is 59.9 Å². The van der Waals surface area contributed by atoms with Gasteiger partial charge in [0.2, 0.25) is 0 Å². The van der Waals surface area contributed by atoms with Crippen LogP contribution in [0.5, 0.6) is 0 Å². The first-order valence-corrected chi connectivity index (χ1v) is 7.30. The molecule has 5 heteroatoms. The zero-order chi connectivity index (χ0) is 14.8. The minimum Gasteiger partial charge on any atom is -0.384 e. The summed E-state index contributed by atoms with van der Waals surface area (Å²) in [4.78, 5) is 9.62. The number of aromatic nitrogens is 2. The van der Waals surface area contributed by atoms with Crippen molar-refractivity contribution in [1.29, 1.82) is 5.41 Å². The monoisotopic (exact) mass is 294 g/mol. The summed E-state index contributed by atoms with van der Waals surface area (Å²) in [5.41, 5.74) is 8.41. The van der Waals surface area contributed by atoms with Crippen LogP contribution in [-0.4, -0.2) is 15.8 Å². The predicted molar refractivity (Wildman–Crippen MR) is 85.9 cm³/mol. The van der Waals surface area contributed by atoms with Crippen molar-refractivity contribution < 1.29 is 0 Å². The minimum absolute atomic E-state index is 0.0690. The number of nitrogen functional groups attached to an aromatic ring is 1. The van der Waals surface area contributed by atoms with E-state index in [9.17, 15) is 0 Å². The largest absolute Gasteiger partial charge is 0.384 e. The molecule has 4 nitrogen and oxygen atoms in total. The number of nitrogens with two attached hydrogens (primary N) is 1. The molecule has 21 heavy (non-hydrogen) atoms. The standard InChI is InChI=1S/C16H14N4S/c1-10-5-4-7-12(15(17)18)14(10)21-16-11-6-2-3-8-13(11)19-9-20-16/h2-9H,1H3,(H3,17,18). The van der Waals surface area contributed by atoms with E-state index in [1.807, 2.05) is 49.4 Å². The van der Waals surface area contributed by atoms with Crippen molar-refractivity contribution in [3.8, 4) is 0 Å². The van der Waals surface area contributed by atoms with Crippen LogP contribution in [0.1, 0.15) is 11.1 Å². The van der Waals surface area contributed by atoms with Crippen molar-refractivity contribution in [2.75, 3.05) is 0 Å². The normalized spacial score (nSPS) is 10.7. The van der Waals surface area contributed by atoms with E-state index in [-0.39, 0.29) is 5.84 Å². The molecule has 0 amide bonds. The molecule has 0 radical (unpaired) electrons. The van der Waals surface area contributed by atoms with Crippen LogP contribution in [0.25, 0.3) is 10.9 Å². The number of hydrogen-bond acceptors (Lipinski definition) is 4. The van der Waals surface area contributed by atoms with Crippen molar-refractivity contribution in [2.24, 2.45) is 5.73 Å². The molecule has 0 saturated heterocycles. The number of nitrogens with one attached hydrogen (secondary N) is 1. The molecule has 0 aliphatic rings. The van der Waals surface area contributed by atoms with E-state index in [0.29, 0.717) is 0 Å². The van der Waals surface area contributed by atoms with E-state index in [0.717, 1.165) is 32.0 Å². The van der Waals surface area contributed by atoms with E-state index in [2.05, 4.69) is 9.97 Å². The van der Waals surface area contributed by atoms with Crippen LogP contribution >= 0.6 is 11.8 Å². The smallest absolute Gasteiger partial charge is 0.123 e. The molecular weight excluding hydrogens is 280 g/mol. The second-order valence-electron chi connectivity index (χ2n) is 4.66. The molecule has 3 rings (SSSR count). The number of para-hydroxylation sites is 1. The van der Waals surface area contributed by atoms with Gasteiger partial charge in [0, 0.05) is 15.8 Å². The fourth-order valence-corrected chi connectivity index (χ4v) is 3.25. The summed E-state index contributed by atoms with van der Waals surface area (Å²) in [6.07, 6.45) is 1.57. The van der Waals surface area contributed by atoms with Crippen LogP contribution in [0.4, 0.5) is 0 Å². The maximum Gasteiger partial charge on any atom is 0.123 e. The zero-order valence-corrected chi connectivity index (χ0v) is 12.3. The molecule has 0 saturated carbocycles. The lowest BCUT2D eigenvalue weighted by molar-refractivity contribution is 1.10. The average molecular weight is 294 g/mol. The third-order valence-electron chi connectivity index (χ3n) is 3.21. The Labute approximate surface area is 126 Å². The summed E-state index contributed by atoms with van der Waals surface area (Å²) in [7, 11) is 0. The lowest BCUT2D eigenvalue weighted by Gasteiger charge is -2.11. The molecule has 0 unspecified atom stereocenters. The number of hydrogen-bond donors (Lipinski definition) is 2. The molecule has 0 atom stereocenters. The molecule has 3 aromatic rings. The van der Waals surface area contributed by atoms with Crippen LogP contribution < -0.4 is 5.73 Å². The maximum absolute atomic E-state index is 7.73. The molecule has 0 aliphatic heterocycles. The number of rotatable bonds is 3. The Morgan fingerprint density at radius 1 is 1.10 bits per heavy atom. The lowest BCUT2D eigenvalue weighted by Crippen LogP contribution is -2.12. The van der Waals surface area contributed by atoms with Gasteiger partial charge in [-0.05, 0) is 18.6 Å². The molecule has 1 heterocycles. The number of amidine groups is 1. The molecule has 0 aliphatic carbocycles. The van der Waals surface area contributed by atoms with Crippen molar-refractivity contribution in [2.45, 2.75) is 16.8 Å². The Morgan fingerprint density at radius 3 is 2.71 bits per heavy atom. The molecular formula is C16H14N4S. The van der Waals surface area contributed by atoms with Crippen LogP contribution in [0.3, 0.4) is 0 Å². The van der Waals surface area contributed by atoms with Crippen LogP contribution in [0.2, 0.25) is 0 Å². The quantitative estimate of drug-likeness (QED) is 0.441. The average Bonchev–Trinajstić information content (AvgIpc) is 2.49. The third-order valence-corrected chi connectivity index (χ3v) is 4.47. The van der Waals surface area contributed by atoms with Gasteiger partial charge in [-0.3, -0.25) is 5.41 Å². The molecule has 3 N–H and O–H groups in total. The fraction of sp³-hybridized carbons (Fsp3) is 0.0625. The summed E-state index contributed by atoms with van der Waals surface area (Å²) in [5, 5.41) is 9.61. The second-order valence-corrected chi connectivity index (χ2v) is 5.66. The first-order chi connectivity index (χ1) is 10.2. The van der Waals surface area contributed by atoms with Crippen LogP contribution in [-0.2, 0) is 0 Å². The number of aryl methyl sites for hydroxylation is 1. The lowest BCUT2D eigenvalue weighted by atomic mass is 10.1. The van der Waals surface area contributed by atoms with E-state index in [1.54, 1.807) is 6.33 Å². The second kappa shape index (κ2) is 5.54. The van der Waals surface area contributed by atoms with Crippen LogP contribution in [0, 0.1) is 12.3 Å². The Bertz CT molecular complexity index is 824. The summed E-state index contributed by atoms with van der Waals surface area (Å²) in [6, 6.07) is 13.7. The van der Waals surface area contributed by atoms with E-state index >= 15 is 0 Å². The number of nitrogens with zero attached hydrogens (tertiary/aromatic N) is 2. The topological polar surface area (TPSA) is 75.7 Å². The fourth-order valence-electron chi connectivity index (χ4n) is 2.16. The van der Waals surface area contributed by atoms with Gasteiger partial charge < -0.3 is 5.73 Å². The van der Waals surface area contributed by atoms with Gasteiger partial charge in [0.1, 0.15) is 17.2 Å². The maximum atomic E-state index is 7.73. The number of benzene rings is 2. The highest BCUT2D eigenvalue weighted by atomic mass is 32.2. The Morgan fingerprint density at radius 2 is 1.90 bits per heavy atom. The van der Waals surface area contributed by atoms with Gasteiger partial charge in [-0.2, -0.15) is 0 Å². The van der Waals surface area contributed by atoms with Crippen molar-refractivity contribution in [1.82, 2.24) is 9.97 Å². The molecule has 0 bridgehead atoms. The molecule has 1 aromatic heterocycles. The highest BCUT2D eigenvalue weighted by Crippen LogP contribution is 2.35. The minimum atomic E-state index is 0.0690. The highest BCUT2D eigenvalue weighted by Gasteiger charge is 2.12. The first kappa shape index (κ1) is 13.6. The molecule has 104 valence electrons. The highest BCUT2D eigenvalue weighted by molar-refractivity contribution is 7.99. The van der Waals surface area contributed by atoms with Gasteiger partial charge in [0.25, 0.3) is 0 Å². The molecule has 2 aromatic carbocycles. The van der Waals surface area contributed by atoms with Gasteiger partial charge in [-0.1, -0.05) is 48.2 Å². The van der Waals surface area contributed by atoms with E-state index in [1.165, 1.54) is 11.8 Å². The van der Waals surface area contributed by atoms with Gasteiger partial charge >= 0.3 is 0 Å². The molecule has 0 spiro atoms. The molecule has 0 fully saturated rings. The van der Waals surface area contributed by atoms with Gasteiger partial charge in [-0.25, -0.2) is 9.97 Å². The van der Waals surface area contributed by atoms with Crippen molar-refractivity contribution >= 4 is 28.5 Å². The van der Waals surface area contributed by atoms with E-state index < -0.39 is 0 Å². The van der Waals surface area contributed by atoms with E-state index in [4.69, 9.17) is 11.1 Å². The summed E-state index contributed by atoms with van der Waals surface area (Å²) >= 11 is 1.53. The number of fused-ring (bicyclic) bond motifs is 1. The van der Waals surface area contributed by atoms with Gasteiger partial charge in [0.05, 0.1) is 5.52 Å². The first-order valence-electron chi connectivity index (χ1n) is 6.48. The van der Waals surface area contributed by atoms with Crippen LogP contribution in [0.15, 0.2) is 58.7 Å². The SMILES string of the molecule is Cc1cccc(C(=N)N)c1Sc1ncnc2ccccc12. The van der Waals surface area contributed by atoms with Gasteiger partial charge in [0.15, 0.2) is 0 Å². The Balaban J connectivity index is 2.13. The third kappa shape index (κ3) is 2.60. The summed E-state index contributed by atoms with van der Waals surface area (Å²) < 4.78 is 0. The summed E-state index contributed by atoms with van der Waals surface area (Å²) in [5.74, 6) is 0.0690.